The van der Waals surface area contributed by atoms with E-state index in [0.717, 1.165) is 36.9 Å². The fraction of sp³-hybridized carbons (Fsp3) is 0.941. The van der Waals surface area contributed by atoms with Crippen LogP contribution in [0.25, 0.3) is 0 Å². The first kappa shape index (κ1) is 17.7. The Hall–Kier alpha value is -0.330. The van der Waals surface area contributed by atoms with Crippen LogP contribution in [-0.4, -0.2) is 6.29 Å². The summed E-state index contributed by atoms with van der Waals surface area (Å²) in [5, 5.41) is 0. The molecule has 0 aromatic carbocycles. The van der Waals surface area contributed by atoms with Gasteiger partial charge in [0.25, 0.3) is 0 Å². The van der Waals surface area contributed by atoms with Crippen molar-refractivity contribution in [3.8, 4) is 0 Å². The number of hydrogen-bond donors (Lipinski definition) is 0. The largest absolute Gasteiger partial charge is 0.303 e. The summed E-state index contributed by atoms with van der Waals surface area (Å²) in [5.74, 6) is 2.59. The summed E-state index contributed by atoms with van der Waals surface area (Å²) in [6, 6.07) is 0. The molecule has 1 nitrogen and oxygen atoms in total. The van der Waals surface area contributed by atoms with Gasteiger partial charge >= 0.3 is 0 Å². The van der Waals surface area contributed by atoms with E-state index >= 15 is 0 Å². The third-order valence-corrected chi connectivity index (χ3v) is 3.90. The molecule has 0 bridgehead atoms. The average Bonchev–Trinajstić information content (AvgIpc) is 2.32. The maximum absolute atomic E-state index is 10.2. The van der Waals surface area contributed by atoms with Crippen LogP contribution in [0.2, 0.25) is 0 Å². The summed E-state index contributed by atoms with van der Waals surface area (Å²) in [4.78, 5) is 10.2. The Labute approximate surface area is 115 Å². The van der Waals surface area contributed by atoms with Gasteiger partial charge in [-0.25, -0.2) is 0 Å². The van der Waals surface area contributed by atoms with Crippen molar-refractivity contribution in [3.63, 3.8) is 0 Å². The van der Waals surface area contributed by atoms with Gasteiger partial charge in [0.2, 0.25) is 0 Å². The smallest absolute Gasteiger partial charge is 0.119 e. The molecule has 0 spiro atoms. The summed E-state index contributed by atoms with van der Waals surface area (Å²) in [7, 11) is 0. The molecule has 0 aliphatic carbocycles. The molecule has 0 rings (SSSR count). The highest BCUT2D eigenvalue weighted by atomic mass is 16.1. The van der Waals surface area contributed by atoms with Gasteiger partial charge in [0.05, 0.1) is 0 Å². The molecule has 0 amide bonds. The summed E-state index contributed by atoms with van der Waals surface area (Å²) >= 11 is 0. The molecule has 0 N–H and O–H groups in total. The van der Waals surface area contributed by atoms with E-state index in [9.17, 15) is 4.79 Å². The van der Waals surface area contributed by atoms with E-state index in [0.29, 0.717) is 0 Å². The lowest BCUT2D eigenvalue weighted by Crippen LogP contribution is -2.00. The fourth-order valence-corrected chi connectivity index (χ4v) is 2.44. The van der Waals surface area contributed by atoms with Crippen molar-refractivity contribution < 1.29 is 4.79 Å². The molecule has 0 fully saturated rings. The standard InChI is InChI=1S/C17H34O/c1-15(2)12-13-17(4)11-8-10-16(3)9-6-5-7-14-18/h14-17H,5-13H2,1-4H3. The van der Waals surface area contributed by atoms with Crippen LogP contribution in [0.5, 0.6) is 0 Å². The monoisotopic (exact) mass is 254 g/mol. The van der Waals surface area contributed by atoms with Crippen LogP contribution in [0.3, 0.4) is 0 Å². The van der Waals surface area contributed by atoms with Crippen LogP contribution in [-0.2, 0) is 4.79 Å². The third-order valence-electron chi connectivity index (χ3n) is 3.90. The Bertz CT molecular complexity index is 186. The minimum atomic E-state index is 0.749. The molecular weight excluding hydrogens is 220 g/mol. The number of hydrogen-bond acceptors (Lipinski definition) is 1. The Morgan fingerprint density at radius 3 is 1.83 bits per heavy atom. The van der Waals surface area contributed by atoms with Crippen molar-refractivity contribution in [3.05, 3.63) is 0 Å². The van der Waals surface area contributed by atoms with Crippen molar-refractivity contribution in [2.24, 2.45) is 17.8 Å². The van der Waals surface area contributed by atoms with Gasteiger partial charge in [0, 0.05) is 6.42 Å². The van der Waals surface area contributed by atoms with Gasteiger partial charge in [-0.05, 0) is 24.2 Å². The van der Waals surface area contributed by atoms with Crippen LogP contribution in [0, 0.1) is 17.8 Å². The first-order valence-electron chi connectivity index (χ1n) is 7.99. The molecular formula is C17H34O. The molecule has 0 aromatic heterocycles. The van der Waals surface area contributed by atoms with Crippen molar-refractivity contribution in [1.29, 1.82) is 0 Å². The highest BCUT2D eigenvalue weighted by Crippen LogP contribution is 2.21. The number of carbonyl (C=O) groups excluding carboxylic acids is 1. The van der Waals surface area contributed by atoms with Gasteiger partial charge in [-0.15, -0.1) is 0 Å². The normalized spacial score (nSPS) is 14.7. The first-order valence-corrected chi connectivity index (χ1v) is 7.99. The lowest BCUT2D eigenvalue weighted by molar-refractivity contribution is -0.107. The van der Waals surface area contributed by atoms with Crippen LogP contribution in [0.4, 0.5) is 0 Å². The number of rotatable bonds is 12. The number of unbranched alkanes of at least 4 members (excludes halogenated alkanes) is 2. The summed E-state index contributed by atoms with van der Waals surface area (Å²) < 4.78 is 0. The Morgan fingerprint density at radius 1 is 0.722 bits per heavy atom. The minimum absolute atomic E-state index is 0.749. The molecule has 2 unspecified atom stereocenters. The summed E-state index contributed by atoms with van der Waals surface area (Å²) in [6.45, 7) is 9.39. The molecule has 2 atom stereocenters. The van der Waals surface area contributed by atoms with Crippen LogP contribution >= 0.6 is 0 Å². The molecule has 0 aliphatic heterocycles. The highest BCUT2D eigenvalue weighted by molar-refractivity contribution is 5.48. The van der Waals surface area contributed by atoms with Gasteiger partial charge in [-0.2, -0.15) is 0 Å². The molecule has 0 radical (unpaired) electrons. The lowest BCUT2D eigenvalue weighted by Gasteiger charge is -2.15. The van der Waals surface area contributed by atoms with Gasteiger partial charge < -0.3 is 4.79 Å². The zero-order chi connectivity index (χ0) is 13.8. The molecule has 0 saturated heterocycles. The molecule has 1 heteroatoms. The summed E-state index contributed by atoms with van der Waals surface area (Å²) in [5.41, 5.74) is 0. The van der Waals surface area contributed by atoms with E-state index in [-0.39, 0.29) is 0 Å². The molecule has 0 heterocycles. The highest BCUT2D eigenvalue weighted by Gasteiger charge is 2.06. The maximum atomic E-state index is 10.2. The lowest BCUT2D eigenvalue weighted by atomic mass is 9.91. The summed E-state index contributed by atoms with van der Waals surface area (Å²) in [6.07, 6.45) is 12.3. The average molecular weight is 254 g/mol. The molecule has 0 saturated carbocycles. The van der Waals surface area contributed by atoms with E-state index in [4.69, 9.17) is 0 Å². The van der Waals surface area contributed by atoms with Crippen molar-refractivity contribution in [1.82, 2.24) is 0 Å². The van der Waals surface area contributed by atoms with E-state index in [1.807, 2.05) is 0 Å². The molecule has 108 valence electrons. The first-order chi connectivity index (χ1) is 8.56. The second-order valence-electron chi connectivity index (χ2n) is 6.56. The predicted molar refractivity (Wildman–Crippen MR) is 80.8 cm³/mol. The zero-order valence-electron chi connectivity index (χ0n) is 13.1. The van der Waals surface area contributed by atoms with Gasteiger partial charge in [0.1, 0.15) is 6.29 Å². The number of aldehydes is 1. The van der Waals surface area contributed by atoms with E-state index < -0.39 is 0 Å². The Balaban J connectivity index is 3.37. The van der Waals surface area contributed by atoms with Crippen molar-refractivity contribution in [2.75, 3.05) is 0 Å². The zero-order valence-corrected chi connectivity index (χ0v) is 13.1. The number of carbonyl (C=O) groups is 1. The third kappa shape index (κ3) is 12.1. The molecule has 0 aromatic rings. The Kier molecular flexibility index (Phi) is 11.5. The van der Waals surface area contributed by atoms with E-state index in [1.54, 1.807) is 0 Å². The molecule has 18 heavy (non-hydrogen) atoms. The molecule has 0 aliphatic rings. The topological polar surface area (TPSA) is 17.1 Å². The van der Waals surface area contributed by atoms with Crippen LogP contribution in [0.15, 0.2) is 0 Å². The second kappa shape index (κ2) is 11.7. The van der Waals surface area contributed by atoms with Crippen molar-refractivity contribution in [2.45, 2.75) is 85.5 Å². The van der Waals surface area contributed by atoms with E-state index in [2.05, 4.69) is 27.7 Å². The predicted octanol–water partition coefficient (Wildman–Crippen LogP) is 5.62. The second-order valence-corrected chi connectivity index (χ2v) is 6.56. The maximum Gasteiger partial charge on any atom is 0.119 e. The quantitative estimate of drug-likeness (QED) is 0.326. The van der Waals surface area contributed by atoms with Gasteiger partial charge in [0.15, 0.2) is 0 Å². The van der Waals surface area contributed by atoms with Crippen LogP contribution in [0.1, 0.15) is 85.5 Å². The van der Waals surface area contributed by atoms with Gasteiger partial charge in [-0.3, -0.25) is 0 Å². The van der Waals surface area contributed by atoms with Crippen LogP contribution < -0.4 is 0 Å². The van der Waals surface area contributed by atoms with Gasteiger partial charge in [-0.1, -0.05) is 72.6 Å². The SMILES string of the molecule is CC(C)CCC(C)CCCC(C)CCCCC=O. The van der Waals surface area contributed by atoms with Crippen molar-refractivity contribution >= 4 is 6.29 Å². The fourth-order valence-electron chi connectivity index (χ4n) is 2.44. The minimum Gasteiger partial charge on any atom is -0.303 e. The van der Waals surface area contributed by atoms with E-state index in [1.165, 1.54) is 44.9 Å². The Morgan fingerprint density at radius 2 is 1.28 bits per heavy atom.